The van der Waals surface area contributed by atoms with Crippen LogP contribution in [-0.4, -0.2) is 30.1 Å². The molecule has 0 aliphatic carbocycles. The van der Waals surface area contributed by atoms with Gasteiger partial charge in [0.05, 0.1) is 11.1 Å². The van der Waals surface area contributed by atoms with Gasteiger partial charge < -0.3 is 10.5 Å². The normalized spacial score (nSPS) is 16.3. The van der Waals surface area contributed by atoms with Crippen molar-refractivity contribution >= 4 is 11.7 Å². The second-order valence-electron chi connectivity index (χ2n) is 6.67. The zero-order chi connectivity index (χ0) is 19.4. The number of likely N-dealkylation sites (tertiary alicyclic amines) is 1. The van der Waals surface area contributed by atoms with Crippen LogP contribution in [0.5, 0.6) is 0 Å². The van der Waals surface area contributed by atoms with E-state index in [1.807, 2.05) is 18.2 Å². The monoisotopic (exact) mass is 378 g/mol. The number of alkyl halides is 3. The number of anilines is 1. The summed E-state index contributed by atoms with van der Waals surface area (Å²) < 4.78 is 43.5. The molecule has 2 aromatic rings. The lowest BCUT2D eigenvalue weighted by atomic mass is 10.1. The standard InChI is InChI=1S/C20H21F3N2O2/c21-20(22,23)15-6-7-17(18(24)12-15)19(26)27-16-8-10-25(11-9-16)13-14-4-2-1-3-5-14/h1-7,12,16H,8-11,13,24H2. The Labute approximate surface area is 155 Å². The lowest BCUT2D eigenvalue weighted by Gasteiger charge is -2.31. The van der Waals surface area contributed by atoms with Crippen LogP contribution in [0, 0.1) is 0 Å². The highest BCUT2D eigenvalue weighted by Crippen LogP contribution is 2.31. The minimum absolute atomic E-state index is 0.0327. The number of nitrogens with two attached hydrogens (primary N) is 1. The first kappa shape index (κ1) is 19.2. The molecule has 2 N–H and O–H groups in total. The summed E-state index contributed by atoms with van der Waals surface area (Å²) in [7, 11) is 0. The smallest absolute Gasteiger partial charge is 0.416 e. The molecule has 1 saturated heterocycles. The molecule has 1 aliphatic rings. The van der Waals surface area contributed by atoms with E-state index in [2.05, 4.69) is 17.0 Å². The number of carbonyl (C=O) groups excluding carboxylic acids is 1. The predicted molar refractivity (Wildman–Crippen MR) is 96.0 cm³/mol. The molecule has 1 heterocycles. The van der Waals surface area contributed by atoms with Crippen molar-refractivity contribution in [3.05, 3.63) is 65.2 Å². The number of nitrogens with zero attached hydrogens (tertiary/aromatic N) is 1. The van der Waals surface area contributed by atoms with Crippen molar-refractivity contribution in [1.82, 2.24) is 4.90 Å². The fourth-order valence-electron chi connectivity index (χ4n) is 3.17. The molecular formula is C20H21F3N2O2. The highest BCUT2D eigenvalue weighted by Gasteiger charge is 2.31. The molecule has 0 aromatic heterocycles. The lowest BCUT2D eigenvalue weighted by molar-refractivity contribution is -0.137. The van der Waals surface area contributed by atoms with Crippen molar-refractivity contribution in [2.24, 2.45) is 0 Å². The van der Waals surface area contributed by atoms with Gasteiger partial charge in [-0.3, -0.25) is 4.90 Å². The molecule has 4 nitrogen and oxygen atoms in total. The first-order chi connectivity index (χ1) is 12.8. The number of rotatable bonds is 4. The van der Waals surface area contributed by atoms with Crippen molar-refractivity contribution < 1.29 is 22.7 Å². The summed E-state index contributed by atoms with van der Waals surface area (Å²) in [5.41, 5.74) is 5.71. The number of ether oxygens (including phenoxy) is 1. The Balaban J connectivity index is 1.54. The number of benzene rings is 2. The van der Waals surface area contributed by atoms with Gasteiger partial charge in [-0.1, -0.05) is 30.3 Å². The van der Waals surface area contributed by atoms with Crippen LogP contribution in [0.15, 0.2) is 48.5 Å². The quantitative estimate of drug-likeness (QED) is 0.643. The van der Waals surface area contributed by atoms with Crippen molar-refractivity contribution in [2.45, 2.75) is 31.7 Å². The Morgan fingerprint density at radius 3 is 2.37 bits per heavy atom. The summed E-state index contributed by atoms with van der Waals surface area (Å²) in [4.78, 5) is 14.6. The lowest BCUT2D eigenvalue weighted by Crippen LogP contribution is -2.37. The van der Waals surface area contributed by atoms with E-state index in [1.165, 1.54) is 5.56 Å². The van der Waals surface area contributed by atoms with Gasteiger partial charge in [-0.05, 0) is 36.6 Å². The van der Waals surface area contributed by atoms with Crippen LogP contribution in [0.4, 0.5) is 18.9 Å². The van der Waals surface area contributed by atoms with Crippen molar-refractivity contribution in [1.29, 1.82) is 0 Å². The summed E-state index contributed by atoms with van der Waals surface area (Å²) in [6.45, 7) is 2.41. The third-order valence-electron chi connectivity index (χ3n) is 4.66. The van der Waals surface area contributed by atoms with Gasteiger partial charge in [0.2, 0.25) is 0 Å². The maximum atomic E-state index is 12.7. The van der Waals surface area contributed by atoms with Gasteiger partial charge in [0, 0.05) is 25.3 Å². The average Bonchev–Trinajstić information content (AvgIpc) is 2.63. The molecule has 0 spiro atoms. The number of nitrogen functional groups attached to an aromatic ring is 1. The van der Waals surface area contributed by atoms with Crippen LogP contribution in [0.25, 0.3) is 0 Å². The molecule has 27 heavy (non-hydrogen) atoms. The fourth-order valence-corrected chi connectivity index (χ4v) is 3.17. The van der Waals surface area contributed by atoms with E-state index in [9.17, 15) is 18.0 Å². The molecule has 0 unspecified atom stereocenters. The second-order valence-corrected chi connectivity index (χ2v) is 6.67. The van der Waals surface area contributed by atoms with Gasteiger partial charge in [0.1, 0.15) is 6.10 Å². The van der Waals surface area contributed by atoms with Crippen molar-refractivity contribution in [2.75, 3.05) is 18.8 Å². The minimum Gasteiger partial charge on any atom is -0.459 e. The maximum absolute atomic E-state index is 12.7. The SMILES string of the molecule is Nc1cc(C(F)(F)F)ccc1C(=O)OC1CCN(Cc2ccccc2)CC1. The van der Waals surface area contributed by atoms with Crippen LogP contribution in [0.3, 0.4) is 0 Å². The maximum Gasteiger partial charge on any atom is 0.416 e. The number of hydrogen-bond donors (Lipinski definition) is 1. The van der Waals surface area contributed by atoms with Gasteiger partial charge in [-0.15, -0.1) is 0 Å². The van der Waals surface area contributed by atoms with E-state index in [-0.39, 0.29) is 17.4 Å². The van der Waals surface area contributed by atoms with E-state index in [0.29, 0.717) is 12.8 Å². The number of piperidine rings is 1. The number of halogens is 3. The molecule has 0 amide bonds. The minimum atomic E-state index is -4.50. The molecular weight excluding hydrogens is 357 g/mol. The molecule has 0 saturated carbocycles. The number of hydrogen-bond acceptors (Lipinski definition) is 4. The van der Waals surface area contributed by atoms with Gasteiger partial charge in [-0.25, -0.2) is 4.79 Å². The number of carbonyl (C=O) groups is 1. The summed E-state index contributed by atoms with van der Waals surface area (Å²) in [6.07, 6.45) is -3.40. The van der Waals surface area contributed by atoms with Crippen molar-refractivity contribution in [3.8, 4) is 0 Å². The van der Waals surface area contributed by atoms with Gasteiger partial charge >= 0.3 is 12.1 Å². The molecule has 0 radical (unpaired) electrons. The Bertz CT molecular complexity index is 786. The molecule has 144 valence electrons. The van der Waals surface area contributed by atoms with E-state index in [0.717, 1.165) is 37.8 Å². The summed E-state index contributed by atoms with van der Waals surface area (Å²) in [5.74, 6) is -0.678. The fraction of sp³-hybridized carbons (Fsp3) is 0.350. The van der Waals surface area contributed by atoms with Crippen LogP contribution in [0.1, 0.15) is 34.3 Å². The first-order valence-electron chi connectivity index (χ1n) is 8.77. The Morgan fingerprint density at radius 1 is 1.11 bits per heavy atom. The molecule has 0 bridgehead atoms. The Kier molecular flexibility index (Phi) is 5.70. The molecule has 3 rings (SSSR count). The van der Waals surface area contributed by atoms with Gasteiger partial charge in [0.25, 0.3) is 0 Å². The van der Waals surface area contributed by atoms with E-state index >= 15 is 0 Å². The van der Waals surface area contributed by atoms with E-state index in [4.69, 9.17) is 10.5 Å². The number of esters is 1. The van der Waals surface area contributed by atoms with Crippen LogP contribution < -0.4 is 5.73 Å². The van der Waals surface area contributed by atoms with Crippen LogP contribution >= 0.6 is 0 Å². The topological polar surface area (TPSA) is 55.6 Å². The highest BCUT2D eigenvalue weighted by molar-refractivity contribution is 5.95. The Morgan fingerprint density at radius 2 is 1.78 bits per heavy atom. The third-order valence-corrected chi connectivity index (χ3v) is 4.66. The molecule has 0 atom stereocenters. The second kappa shape index (κ2) is 8.00. The van der Waals surface area contributed by atoms with E-state index in [1.54, 1.807) is 0 Å². The van der Waals surface area contributed by atoms with Crippen molar-refractivity contribution in [3.63, 3.8) is 0 Å². The Hall–Kier alpha value is -2.54. The summed E-state index contributed by atoms with van der Waals surface area (Å²) in [5, 5.41) is 0. The highest BCUT2D eigenvalue weighted by atomic mass is 19.4. The summed E-state index contributed by atoms with van der Waals surface area (Å²) >= 11 is 0. The van der Waals surface area contributed by atoms with Crippen LogP contribution in [-0.2, 0) is 17.5 Å². The zero-order valence-electron chi connectivity index (χ0n) is 14.7. The molecule has 1 aliphatic heterocycles. The van der Waals surface area contributed by atoms with Crippen LogP contribution in [0.2, 0.25) is 0 Å². The summed E-state index contributed by atoms with van der Waals surface area (Å²) in [6, 6.07) is 12.8. The largest absolute Gasteiger partial charge is 0.459 e. The average molecular weight is 378 g/mol. The van der Waals surface area contributed by atoms with E-state index < -0.39 is 17.7 Å². The van der Waals surface area contributed by atoms with Gasteiger partial charge in [0.15, 0.2) is 0 Å². The molecule has 7 heteroatoms. The molecule has 2 aromatic carbocycles. The van der Waals surface area contributed by atoms with Gasteiger partial charge in [-0.2, -0.15) is 13.2 Å². The zero-order valence-corrected chi connectivity index (χ0v) is 14.7. The predicted octanol–water partition coefficient (Wildman–Crippen LogP) is 4.11. The molecule has 1 fully saturated rings. The first-order valence-corrected chi connectivity index (χ1v) is 8.77. The third kappa shape index (κ3) is 5.01.